The number of carbonyl (C=O) groups is 2. The molecule has 0 bridgehead atoms. The molecular weight excluding hydrogens is 387 g/mol. The third kappa shape index (κ3) is 4.35. The summed E-state index contributed by atoms with van der Waals surface area (Å²) in [5, 5.41) is 0. The fraction of sp³-hybridized carbons (Fsp3) is 0.217. The van der Waals surface area contributed by atoms with Crippen LogP contribution in [0.1, 0.15) is 10.6 Å². The molecule has 1 aliphatic heterocycles. The summed E-state index contributed by atoms with van der Waals surface area (Å²) in [6.07, 6.45) is 1.43. The van der Waals surface area contributed by atoms with Gasteiger partial charge < -0.3 is 19.0 Å². The highest BCUT2D eigenvalue weighted by atomic mass is 19.1. The van der Waals surface area contributed by atoms with Gasteiger partial charge in [0.05, 0.1) is 6.26 Å². The van der Waals surface area contributed by atoms with Crippen LogP contribution in [0.4, 0.5) is 10.1 Å². The fourth-order valence-corrected chi connectivity index (χ4v) is 3.46. The molecule has 154 valence electrons. The van der Waals surface area contributed by atoms with E-state index < -0.39 is 5.97 Å². The molecule has 0 radical (unpaired) electrons. The molecule has 1 fully saturated rings. The van der Waals surface area contributed by atoms with Gasteiger partial charge in [0.2, 0.25) is 5.76 Å². The minimum Gasteiger partial charge on any atom is -0.457 e. The molecule has 30 heavy (non-hydrogen) atoms. The first-order valence-electron chi connectivity index (χ1n) is 9.70. The molecule has 0 saturated carbocycles. The molecular formula is C23H21FN2O4. The van der Waals surface area contributed by atoms with Crippen molar-refractivity contribution >= 4 is 17.6 Å². The van der Waals surface area contributed by atoms with Crippen LogP contribution in [-0.2, 0) is 9.53 Å². The molecule has 6 nitrogen and oxygen atoms in total. The largest absolute Gasteiger partial charge is 0.457 e. The highest BCUT2D eigenvalue weighted by molar-refractivity contribution is 5.95. The van der Waals surface area contributed by atoms with E-state index in [0.29, 0.717) is 31.7 Å². The molecule has 1 amide bonds. The summed E-state index contributed by atoms with van der Waals surface area (Å²) in [4.78, 5) is 28.6. The first kappa shape index (κ1) is 19.7. The number of amides is 1. The standard InChI is InChI=1S/C23H21FN2O4/c24-18-6-8-19(9-7-18)25-11-13-26(14-12-25)21(27)16-30-23(28)22-20(10-15-29-22)17-4-2-1-3-5-17/h1-10,15H,11-14,16H2. The van der Waals surface area contributed by atoms with E-state index in [-0.39, 0.29) is 24.1 Å². The molecule has 2 aromatic carbocycles. The second kappa shape index (κ2) is 8.82. The van der Waals surface area contributed by atoms with Crippen LogP contribution in [0, 0.1) is 5.82 Å². The zero-order valence-corrected chi connectivity index (χ0v) is 16.3. The fourth-order valence-electron chi connectivity index (χ4n) is 3.46. The van der Waals surface area contributed by atoms with E-state index in [1.54, 1.807) is 23.1 Å². The summed E-state index contributed by atoms with van der Waals surface area (Å²) in [6.45, 7) is 1.92. The van der Waals surface area contributed by atoms with E-state index in [1.165, 1.54) is 18.4 Å². The Hall–Kier alpha value is -3.61. The maximum atomic E-state index is 13.1. The lowest BCUT2D eigenvalue weighted by molar-refractivity contribution is -0.134. The Bertz CT molecular complexity index is 1010. The third-order valence-corrected chi connectivity index (χ3v) is 5.09. The second-order valence-corrected chi connectivity index (χ2v) is 6.95. The van der Waals surface area contributed by atoms with Gasteiger partial charge in [0.1, 0.15) is 5.82 Å². The Morgan fingerprint density at radius 2 is 1.63 bits per heavy atom. The smallest absolute Gasteiger partial charge is 0.375 e. The quantitative estimate of drug-likeness (QED) is 0.604. The van der Waals surface area contributed by atoms with E-state index in [1.807, 2.05) is 30.3 Å². The second-order valence-electron chi connectivity index (χ2n) is 6.95. The summed E-state index contributed by atoms with van der Waals surface area (Å²) in [7, 11) is 0. The van der Waals surface area contributed by atoms with Crippen molar-refractivity contribution in [3.8, 4) is 11.1 Å². The number of nitrogens with zero attached hydrogens (tertiary/aromatic N) is 2. The van der Waals surface area contributed by atoms with Gasteiger partial charge >= 0.3 is 5.97 Å². The zero-order chi connectivity index (χ0) is 20.9. The summed E-state index contributed by atoms with van der Waals surface area (Å²) in [5.41, 5.74) is 2.38. The van der Waals surface area contributed by atoms with Crippen molar-refractivity contribution in [1.29, 1.82) is 0 Å². The number of esters is 1. The molecule has 1 saturated heterocycles. The molecule has 3 aromatic rings. The number of furan rings is 1. The molecule has 0 N–H and O–H groups in total. The van der Waals surface area contributed by atoms with Crippen molar-refractivity contribution in [2.24, 2.45) is 0 Å². The van der Waals surface area contributed by atoms with Gasteiger partial charge in [0.25, 0.3) is 5.91 Å². The van der Waals surface area contributed by atoms with Gasteiger partial charge in [-0.2, -0.15) is 0 Å². The van der Waals surface area contributed by atoms with Gasteiger partial charge in [-0.05, 0) is 35.9 Å². The van der Waals surface area contributed by atoms with E-state index in [0.717, 1.165) is 11.3 Å². The molecule has 0 unspecified atom stereocenters. The van der Waals surface area contributed by atoms with Gasteiger partial charge in [-0.3, -0.25) is 4.79 Å². The van der Waals surface area contributed by atoms with Crippen LogP contribution in [-0.4, -0.2) is 49.6 Å². The Kier molecular flexibility index (Phi) is 5.79. The first-order valence-corrected chi connectivity index (χ1v) is 9.70. The number of anilines is 1. The molecule has 4 rings (SSSR count). The molecule has 1 aliphatic rings. The molecule has 0 spiro atoms. The minimum atomic E-state index is -0.669. The number of hydrogen-bond acceptors (Lipinski definition) is 5. The molecule has 1 aromatic heterocycles. The van der Waals surface area contributed by atoms with Gasteiger partial charge in [-0.1, -0.05) is 30.3 Å². The maximum Gasteiger partial charge on any atom is 0.375 e. The van der Waals surface area contributed by atoms with Gasteiger partial charge in [0.15, 0.2) is 6.61 Å². The lowest BCUT2D eigenvalue weighted by atomic mass is 10.1. The number of ether oxygens (including phenoxy) is 1. The summed E-state index contributed by atoms with van der Waals surface area (Å²) in [5.74, 6) is -1.12. The topological polar surface area (TPSA) is 63.0 Å². The Morgan fingerprint density at radius 3 is 2.33 bits per heavy atom. The van der Waals surface area contributed by atoms with Crippen LogP contribution >= 0.6 is 0 Å². The predicted octanol–water partition coefficient (Wildman–Crippen LogP) is 3.59. The van der Waals surface area contributed by atoms with Crippen molar-refractivity contribution < 1.29 is 23.1 Å². The van der Waals surface area contributed by atoms with Crippen molar-refractivity contribution in [2.75, 3.05) is 37.7 Å². The van der Waals surface area contributed by atoms with E-state index >= 15 is 0 Å². The number of benzene rings is 2. The monoisotopic (exact) mass is 408 g/mol. The van der Waals surface area contributed by atoms with Crippen molar-refractivity contribution in [1.82, 2.24) is 4.90 Å². The highest BCUT2D eigenvalue weighted by Gasteiger charge is 2.24. The number of piperazine rings is 1. The highest BCUT2D eigenvalue weighted by Crippen LogP contribution is 2.25. The van der Waals surface area contributed by atoms with E-state index in [9.17, 15) is 14.0 Å². The molecule has 2 heterocycles. The van der Waals surface area contributed by atoms with Crippen LogP contribution in [0.5, 0.6) is 0 Å². The van der Waals surface area contributed by atoms with Gasteiger partial charge in [-0.25, -0.2) is 9.18 Å². The van der Waals surface area contributed by atoms with Crippen LogP contribution in [0.3, 0.4) is 0 Å². The van der Waals surface area contributed by atoms with E-state index in [2.05, 4.69) is 4.90 Å². The number of halogens is 1. The number of hydrogen-bond donors (Lipinski definition) is 0. The van der Waals surface area contributed by atoms with Crippen molar-refractivity contribution in [2.45, 2.75) is 0 Å². The summed E-state index contributed by atoms with van der Waals surface area (Å²) >= 11 is 0. The van der Waals surface area contributed by atoms with Gasteiger partial charge in [-0.15, -0.1) is 0 Å². The van der Waals surface area contributed by atoms with E-state index in [4.69, 9.17) is 9.15 Å². The van der Waals surface area contributed by atoms with Crippen LogP contribution in [0.2, 0.25) is 0 Å². The lowest BCUT2D eigenvalue weighted by Crippen LogP contribution is -2.49. The number of carbonyl (C=O) groups excluding carboxylic acids is 2. The lowest BCUT2D eigenvalue weighted by Gasteiger charge is -2.36. The van der Waals surface area contributed by atoms with Gasteiger partial charge in [0, 0.05) is 37.4 Å². The van der Waals surface area contributed by atoms with Crippen molar-refractivity contribution in [3.05, 3.63) is 78.5 Å². The van der Waals surface area contributed by atoms with Crippen LogP contribution < -0.4 is 4.90 Å². The van der Waals surface area contributed by atoms with Crippen molar-refractivity contribution in [3.63, 3.8) is 0 Å². The summed E-state index contributed by atoms with van der Waals surface area (Å²) < 4.78 is 23.6. The summed E-state index contributed by atoms with van der Waals surface area (Å²) in [6, 6.07) is 17.3. The average molecular weight is 408 g/mol. The van der Waals surface area contributed by atoms with Crippen LogP contribution in [0.25, 0.3) is 11.1 Å². The minimum absolute atomic E-state index is 0.0788. The third-order valence-electron chi connectivity index (χ3n) is 5.09. The zero-order valence-electron chi connectivity index (χ0n) is 16.3. The molecule has 0 aliphatic carbocycles. The van der Waals surface area contributed by atoms with Crippen LogP contribution in [0.15, 0.2) is 71.3 Å². The SMILES string of the molecule is O=C(OCC(=O)N1CCN(c2ccc(F)cc2)CC1)c1occc1-c1ccccc1. The molecule has 0 atom stereocenters. The first-order chi connectivity index (χ1) is 14.6. The Labute approximate surface area is 173 Å². The average Bonchev–Trinajstić information content (AvgIpc) is 3.29. The normalized spacial score (nSPS) is 13.9. The molecule has 7 heteroatoms. The Balaban J connectivity index is 1.30. The number of rotatable bonds is 5. The Morgan fingerprint density at radius 1 is 0.933 bits per heavy atom. The maximum absolute atomic E-state index is 13.1. The predicted molar refractivity (Wildman–Crippen MR) is 110 cm³/mol.